The fourth-order valence-electron chi connectivity index (χ4n) is 4.18. The van der Waals surface area contributed by atoms with Gasteiger partial charge >= 0.3 is 5.97 Å². The van der Waals surface area contributed by atoms with Crippen LogP contribution in [0.5, 0.6) is 0 Å². The number of H-pyrrole nitrogens is 1. The molecule has 0 fully saturated rings. The Balaban J connectivity index is 1.43. The van der Waals surface area contributed by atoms with E-state index in [1.54, 1.807) is 60.8 Å². The molecule has 4 aromatic carbocycles. The number of fused-ring (bicyclic) bond motifs is 1. The number of rotatable bonds is 9. The summed E-state index contributed by atoms with van der Waals surface area (Å²) in [6, 6.07) is 28.8. The van der Waals surface area contributed by atoms with Gasteiger partial charge in [0.1, 0.15) is 4.90 Å². The third kappa shape index (κ3) is 5.78. The Morgan fingerprint density at radius 1 is 0.872 bits per heavy atom. The summed E-state index contributed by atoms with van der Waals surface area (Å²) in [4.78, 5) is 29.8. The molecule has 0 aliphatic rings. The first kappa shape index (κ1) is 26.4. The van der Waals surface area contributed by atoms with E-state index in [1.165, 1.54) is 12.1 Å². The van der Waals surface area contributed by atoms with Crippen LogP contribution in [-0.2, 0) is 21.3 Å². The van der Waals surface area contributed by atoms with Crippen molar-refractivity contribution in [2.75, 3.05) is 0 Å². The molecule has 0 saturated carbocycles. The van der Waals surface area contributed by atoms with Gasteiger partial charge in [-0.2, -0.15) is 0 Å². The first-order chi connectivity index (χ1) is 18.8. The van der Waals surface area contributed by atoms with Gasteiger partial charge in [0.25, 0.3) is 0 Å². The number of carbonyl (C=O) groups excluding carboxylic acids is 2. The van der Waals surface area contributed by atoms with E-state index in [-0.39, 0.29) is 22.0 Å². The van der Waals surface area contributed by atoms with Crippen LogP contribution in [-0.4, -0.2) is 25.2 Å². The van der Waals surface area contributed by atoms with Gasteiger partial charge in [-0.1, -0.05) is 90.5 Å². The van der Waals surface area contributed by atoms with Crippen LogP contribution in [0.4, 0.5) is 0 Å². The number of ketones is 1. The molecular weight excluding hydrogens is 536 g/mol. The average molecular weight is 559 g/mol. The highest BCUT2D eigenvalue weighted by atomic mass is 35.5. The number of aromatic nitrogens is 1. The zero-order valence-corrected chi connectivity index (χ0v) is 22.1. The van der Waals surface area contributed by atoms with Gasteiger partial charge in [0, 0.05) is 34.8 Å². The summed E-state index contributed by atoms with van der Waals surface area (Å²) in [5, 5.41) is 0.644. The van der Waals surface area contributed by atoms with Crippen LogP contribution in [0.25, 0.3) is 10.9 Å². The van der Waals surface area contributed by atoms with Crippen molar-refractivity contribution in [3.8, 4) is 0 Å². The Hall–Kier alpha value is -4.24. The highest BCUT2D eigenvalue weighted by Crippen LogP contribution is 2.29. The van der Waals surface area contributed by atoms with Gasteiger partial charge in [-0.25, -0.2) is 17.9 Å². The molecule has 0 radical (unpaired) electrons. The van der Waals surface area contributed by atoms with Crippen molar-refractivity contribution in [3.05, 3.63) is 137 Å². The fraction of sp³-hybridized carbons (Fsp3) is 0.0667. The summed E-state index contributed by atoms with van der Waals surface area (Å²) in [7, 11) is -4.06. The lowest BCUT2D eigenvalue weighted by Crippen LogP contribution is -2.24. The molecule has 0 bridgehead atoms. The van der Waals surface area contributed by atoms with Crippen LogP contribution in [0.15, 0.2) is 114 Å². The van der Waals surface area contributed by atoms with E-state index in [2.05, 4.69) is 9.71 Å². The Kier molecular flexibility index (Phi) is 7.60. The van der Waals surface area contributed by atoms with Crippen molar-refractivity contribution < 1.29 is 22.7 Å². The third-order valence-corrected chi connectivity index (χ3v) is 8.07. The molecule has 1 aromatic heterocycles. The van der Waals surface area contributed by atoms with Crippen molar-refractivity contribution >= 4 is 44.3 Å². The van der Waals surface area contributed by atoms with Crippen molar-refractivity contribution in [2.24, 2.45) is 0 Å². The van der Waals surface area contributed by atoms with Gasteiger partial charge in [0.05, 0.1) is 10.6 Å². The molecule has 9 heteroatoms. The van der Waals surface area contributed by atoms with E-state index in [1.807, 2.05) is 30.3 Å². The predicted molar refractivity (Wildman–Crippen MR) is 149 cm³/mol. The monoisotopic (exact) mass is 558 g/mol. The van der Waals surface area contributed by atoms with Crippen molar-refractivity contribution in [1.82, 2.24) is 9.71 Å². The summed E-state index contributed by atoms with van der Waals surface area (Å²) in [5.74, 6) is -1.29. The van der Waals surface area contributed by atoms with Crippen molar-refractivity contribution in [2.45, 2.75) is 17.5 Å². The summed E-state index contributed by atoms with van der Waals surface area (Å²) in [5.41, 5.74) is 2.32. The normalized spacial score (nSPS) is 12.2. The van der Waals surface area contributed by atoms with Crippen LogP contribution >= 0.6 is 11.6 Å². The fourth-order valence-corrected chi connectivity index (χ4v) is 5.72. The number of nitrogens with one attached hydrogen (secondary N) is 2. The van der Waals surface area contributed by atoms with Crippen LogP contribution in [0.1, 0.15) is 37.9 Å². The van der Waals surface area contributed by atoms with E-state index in [9.17, 15) is 18.0 Å². The lowest BCUT2D eigenvalue weighted by molar-refractivity contribution is 0.0280. The number of Topliss-reactive ketones (excluding diaryl/α,β-unsaturated/α-hetero) is 1. The Morgan fingerprint density at radius 2 is 1.54 bits per heavy atom. The maximum Gasteiger partial charge on any atom is 0.339 e. The molecule has 39 heavy (non-hydrogen) atoms. The topological polar surface area (TPSA) is 105 Å². The highest BCUT2D eigenvalue weighted by Gasteiger charge is 2.29. The molecule has 196 valence electrons. The van der Waals surface area contributed by atoms with E-state index in [0.717, 1.165) is 17.1 Å². The molecule has 0 saturated heterocycles. The van der Waals surface area contributed by atoms with Gasteiger partial charge in [-0.15, -0.1) is 0 Å². The van der Waals surface area contributed by atoms with E-state index < -0.39 is 27.9 Å². The molecule has 2 N–H and O–H groups in total. The van der Waals surface area contributed by atoms with Gasteiger partial charge in [-0.05, 0) is 29.8 Å². The first-order valence-electron chi connectivity index (χ1n) is 12.0. The van der Waals surface area contributed by atoms with Crippen LogP contribution in [0.3, 0.4) is 0 Å². The number of esters is 1. The van der Waals surface area contributed by atoms with Gasteiger partial charge in [0.2, 0.25) is 15.8 Å². The number of carbonyl (C=O) groups is 2. The van der Waals surface area contributed by atoms with E-state index in [0.29, 0.717) is 16.5 Å². The molecule has 1 heterocycles. The van der Waals surface area contributed by atoms with Gasteiger partial charge < -0.3 is 9.72 Å². The van der Waals surface area contributed by atoms with Crippen molar-refractivity contribution in [1.29, 1.82) is 0 Å². The Bertz CT molecular complexity index is 1750. The van der Waals surface area contributed by atoms with Crippen LogP contribution in [0.2, 0.25) is 5.02 Å². The number of aromatic amines is 1. The molecule has 7 nitrogen and oxygen atoms in total. The minimum atomic E-state index is -4.06. The molecular formula is C30H23ClN2O5S. The molecule has 1 unspecified atom stereocenters. The van der Waals surface area contributed by atoms with E-state index >= 15 is 0 Å². The lowest BCUT2D eigenvalue weighted by atomic mass is 9.99. The van der Waals surface area contributed by atoms with E-state index in [4.69, 9.17) is 16.3 Å². The Morgan fingerprint density at radius 3 is 2.28 bits per heavy atom. The zero-order valence-electron chi connectivity index (χ0n) is 20.5. The number of para-hydroxylation sites is 1. The summed E-state index contributed by atoms with van der Waals surface area (Å²) in [6.07, 6.45) is 0.326. The zero-order chi connectivity index (χ0) is 27.4. The third-order valence-electron chi connectivity index (χ3n) is 6.19. The molecule has 0 amide bonds. The van der Waals surface area contributed by atoms with Gasteiger partial charge in [-0.3, -0.25) is 4.79 Å². The molecule has 5 aromatic rings. The van der Waals surface area contributed by atoms with Crippen LogP contribution in [0, 0.1) is 0 Å². The summed E-state index contributed by atoms with van der Waals surface area (Å²) in [6.45, 7) is 0.0450. The van der Waals surface area contributed by atoms with Crippen molar-refractivity contribution in [3.63, 3.8) is 0 Å². The number of benzene rings is 4. The minimum absolute atomic E-state index is 0.0450. The molecule has 5 rings (SSSR count). The number of hydrogen-bond donors (Lipinski definition) is 2. The summed E-state index contributed by atoms with van der Waals surface area (Å²) >= 11 is 6.21. The summed E-state index contributed by atoms with van der Waals surface area (Å²) < 4.78 is 34.3. The van der Waals surface area contributed by atoms with Gasteiger partial charge in [0.15, 0.2) is 6.10 Å². The second-order valence-electron chi connectivity index (χ2n) is 8.76. The second-order valence-corrected chi connectivity index (χ2v) is 10.9. The number of sulfonamides is 1. The molecule has 0 aliphatic carbocycles. The smallest absolute Gasteiger partial charge is 0.339 e. The molecule has 0 spiro atoms. The number of ether oxygens (including phenoxy) is 1. The van der Waals surface area contributed by atoms with Crippen LogP contribution < -0.4 is 4.72 Å². The largest absolute Gasteiger partial charge is 0.445 e. The molecule has 0 aliphatic heterocycles. The second kappa shape index (κ2) is 11.2. The molecule has 1 atom stereocenters. The standard InChI is InChI=1S/C30H23ClN2O5S/c31-25-16-15-22(17-27(25)39(36,37)33-18-20-9-3-1-4-10-20)30(35)38-29(21-11-5-2-6-12-21)28(34)24-19-32-26-14-8-7-13-23(24)26/h1-17,19,29,32-33H,18H2. The number of hydrogen-bond acceptors (Lipinski definition) is 5. The quantitative estimate of drug-likeness (QED) is 0.168. The maximum atomic E-state index is 13.7. The SMILES string of the molecule is O=C(OC(C(=O)c1c[nH]c2ccccc12)c1ccccc1)c1ccc(Cl)c(S(=O)(=O)NCc2ccccc2)c1. The predicted octanol–water partition coefficient (Wildman–Crippen LogP) is 6.08. The maximum absolute atomic E-state index is 13.7. The highest BCUT2D eigenvalue weighted by molar-refractivity contribution is 7.89. The first-order valence-corrected chi connectivity index (χ1v) is 13.9. The minimum Gasteiger partial charge on any atom is -0.445 e. The average Bonchev–Trinajstić information content (AvgIpc) is 3.40. The lowest BCUT2D eigenvalue weighted by Gasteiger charge is -2.18. The Labute approximate surface area is 230 Å². The number of halogens is 1.